The van der Waals surface area contributed by atoms with Crippen LogP contribution in [0.15, 0.2) is 0 Å². The van der Waals surface area contributed by atoms with Gasteiger partial charge < -0.3 is 14.0 Å². The first-order chi connectivity index (χ1) is 7.98. The molecule has 0 aliphatic carbocycles. The minimum atomic E-state index is -1.99. The monoisotopic (exact) mass is 279 g/mol. The molecule has 0 aliphatic rings. The zero-order valence-corrected chi connectivity index (χ0v) is 13.9. The average Bonchev–Trinajstić information content (AvgIpc) is 2.13. The SMILES string of the molecule is CC(C)OCCC(C)(C)OC(C)(N)[PH](=O)C(C)C. The van der Waals surface area contributed by atoms with Gasteiger partial charge in [0.1, 0.15) is 7.80 Å². The van der Waals surface area contributed by atoms with Crippen molar-refractivity contribution in [2.75, 3.05) is 6.61 Å². The predicted octanol–water partition coefficient (Wildman–Crippen LogP) is 3.20. The highest BCUT2D eigenvalue weighted by atomic mass is 31.1. The highest BCUT2D eigenvalue weighted by molar-refractivity contribution is 7.46. The van der Waals surface area contributed by atoms with Gasteiger partial charge in [-0.15, -0.1) is 0 Å². The van der Waals surface area contributed by atoms with Gasteiger partial charge in [-0.2, -0.15) is 0 Å². The molecular formula is C13H30NO3P. The molecule has 2 N–H and O–H groups in total. The van der Waals surface area contributed by atoms with E-state index in [0.717, 1.165) is 6.42 Å². The van der Waals surface area contributed by atoms with Crippen LogP contribution in [0.1, 0.15) is 54.9 Å². The van der Waals surface area contributed by atoms with E-state index >= 15 is 0 Å². The first-order valence-corrected chi connectivity index (χ1v) is 8.11. The van der Waals surface area contributed by atoms with Crippen LogP contribution in [-0.4, -0.2) is 29.4 Å². The lowest BCUT2D eigenvalue weighted by Gasteiger charge is -2.36. The Labute approximate surface area is 112 Å². The molecule has 0 spiro atoms. The van der Waals surface area contributed by atoms with Crippen LogP contribution in [0.5, 0.6) is 0 Å². The fraction of sp³-hybridized carbons (Fsp3) is 1.00. The van der Waals surface area contributed by atoms with Crippen LogP contribution in [0.25, 0.3) is 0 Å². The molecule has 4 nitrogen and oxygen atoms in total. The third-order valence-electron chi connectivity index (χ3n) is 2.66. The van der Waals surface area contributed by atoms with E-state index in [2.05, 4.69) is 0 Å². The van der Waals surface area contributed by atoms with Gasteiger partial charge in [0.15, 0.2) is 5.47 Å². The molecule has 0 heterocycles. The van der Waals surface area contributed by atoms with Gasteiger partial charge in [-0.1, -0.05) is 13.8 Å². The van der Waals surface area contributed by atoms with Crippen molar-refractivity contribution in [2.24, 2.45) is 5.73 Å². The van der Waals surface area contributed by atoms with Gasteiger partial charge in [-0.3, -0.25) is 5.73 Å². The fourth-order valence-electron chi connectivity index (χ4n) is 1.79. The molecule has 18 heavy (non-hydrogen) atoms. The van der Waals surface area contributed by atoms with Crippen LogP contribution < -0.4 is 5.73 Å². The van der Waals surface area contributed by atoms with Crippen molar-refractivity contribution >= 4 is 7.80 Å². The maximum atomic E-state index is 12.1. The van der Waals surface area contributed by atoms with Crippen LogP contribution in [0.2, 0.25) is 0 Å². The Morgan fingerprint density at radius 3 is 2.06 bits per heavy atom. The van der Waals surface area contributed by atoms with Gasteiger partial charge >= 0.3 is 0 Å². The van der Waals surface area contributed by atoms with Gasteiger partial charge in [0.05, 0.1) is 11.7 Å². The lowest BCUT2D eigenvalue weighted by Crippen LogP contribution is -2.45. The van der Waals surface area contributed by atoms with E-state index < -0.39 is 18.9 Å². The summed E-state index contributed by atoms with van der Waals surface area (Å²) in [7, 11) is -1.99. The molecule has 2 atom stereocenters. The second-order valence-corrected chi connectivity index (χ2v) is 9.03. The zero-order valence-electron chi connectivity index (χ0n) is 12.9. The van der Waals surface area contributed by atoms with Crippen molar-refractivity contribution in [1.29, 1.82) is 0 Å². The summed E-state index contributed by atoms with van der Waals surface area (Å²) in [5.74, 6) is 0. The van der Waals surface area contributed by atoms with Crippen molar-refractivity contribution < 1.29 is 14.0 Å². The maximum absolute atomic E-state index is 12.1. The Balaban J connectivity index is 4.41. The van der Waals surface area contributed by atoms with Crippen molar-refractivity contribution in [2.45, 2.75) is 77.7 Å². The summed E-state index contributed by atoms with van der Waals surface area (Å²) in [5, 5.41) is 0. The first-order valence-electron chi connectivity index (χ1n) is 6.63. The normalized spacial score (nSPS) is 18.1. The van der Waals surface area contributed by atoms with Crippen LogP contribution in [0.4, 0.5) is 0 Å². The molecular weight excluding hydrogens is 249 g/mol. The molecule has 5 heteroatoms. The summed E-state index contributed by atoms with van der Waals surface area (Å²) in [4.78, 5) is 0. The number of nitrogens with two attached hydrogens (primary N) is 1. The van der Waals surface area contributed by atoms with Gasteiger partial charge in [0.25, 0.3) is 0 Å². The highest BCUT2D eigenvalue weighted by Gasteiger charge is 2.35. The zero-order chi connectivity index (χ0) is 14.6. The Kier molecular flexibility index (Phi) is 7.09. The summed E-state index contributed by atoms with van der Waals surface area (Å²) in [6.07, 6.45) is 0.936. The van der Waals surface area contributed by atoms with Crippen LogP contribution in [0.3, 0.4) is 0 Å². The molecule has 0 radical (unpaired) electrons. The van der Waals surface area contributed by atoms with Gasteiger partial charge in [0, 0.05) is 12.3 Å². The largest absolute Gasteiger partial charge is 0.379 e. The Morgan fingerprint density at radius 2 is 1.67 bits per heavy atom. The summed E-state index contributed by atoms with van der Waals surface area (Å²) in [6, 6.07) is 0. The van der Waals surface area contributed by atoms with E-state index in [9.17, 15) is 4.57 Å². The lowest BCUT2D eigenvalue weighted by atomic mass is 10.1. The first kappa shape index (κ1) is 18.1. The average molecular weight is 279 g/mol. The summed E-state index contributed by atoms with van der Waals surface area (Å²) in [6.45, 7) is 14.0. The standard InChI is InChI=1S/C13H30NO3P/c1-10(2)16-9-8-12(5,6)17-13(7,14)18(15)11(3)4/h10-11,18H,8-9,14H2,1-7H3. The molecule has 0 rings (SSSR count). The minimum Gasteiger partial charge on any atom is -0.379 e. The third-order valence-corrected chi connectivity index (χ3v) is 4.79. The van der Waals surface area contributed by atoms with Crippen molar-refractivity contribution in [3.8, 4) is 0 Å². The van der Waals surface area contributed by atoms with E-state index in [4.69, 9.17) is 15.2 Å². The predicted molar refractivity (Wildman–Crippen MR) is 77.6 cm³/mol. The third kappa shape index (κ3) is 6.89. The van der Waals surface area contributed by atoms with E-state index in [0.29, 0.717) is 6.61 Å². The van der Waals surface area contributed by atoms with Crippen molar-refractivity contribution in [3.63, 3.8) is 0 Å². The number of hydrogen-bond donors (Lipinski definition) is 1. The summed E-state index contributed by atoms with van der Waals surface area (Å²) in [5.41, 5.74) is 4.61. The molecule has 0 bridgehead atoms. The second kappa shape index (κ2) is 7.04. The maximum Gasteiger partial charge on any atom is 0.165 e. The van der Waals surface area contributed by atoms with E-state index in [-0.39, 0.29) is 11.8 Å². The quantitative estimate of drug-likeness (QED) is 0.547. The molecule has 0 saturated heterocycles. The van der Waals surface area contributed by atoms with Crippen LogP contribution in [-0.2, 0) is 14.0 Å². The molecule has 0 aromatic carbocycles. The topological polar surface area (TPSA) is 61.6 Å². The smallest absolute Gasteiger partial charge is 0.165 e. The molecule has 0 saturated carbocycles. The van der Waals surface area contributed by atoms with E-state index in [1.165, 1.54) is 0 Å². The highest BCUT2D eigenvalue weighted by Crippen LogP contribution is 2.42. The molecule has 0 aromatic rings. The van der Waals surface area contributed by atoms with Crippen molar-refractivity contribution in [3.05, 3.63) is 0 Å². The van der Waals surface area contributed by atoms with E-state index in [1.807, 2.05) is 41.5 Å². The Hall–Kier alpha value is 0.110. The van der Waals surface area contributed by atoms with Gasteiger partial charge in [-0.25, -0.2) is 0 Å². The molecule has 0 amide bonds. The molecule has 0 aliphatic heterocycles. The molecule has 0 aromatic heterocycles. The van der Waals surface area contributed by atoms with Crippen LogP contribution >= 0.6 is 7.80 Å². The molecule has 2 unspecified atom stereocenters. The van der Waals surface area contributed by atoms with Crippen LogP contribution in [0, 0.1) is 0 Å². The summed E-state index contributed by atoms with van der Waals surface area (Å²) < 4.78 is 23.5. The molecule has 0 fully saturated rings. The Morgan fingerprint density at radius 1 is 1.17 bits per heavy atom. The number of ether oxygens (including phenoxy) is 2. The minimum absolute atomic E-state index is 0.0488. The second-order valence-electron chi connectivity index (χ2n) is 6.16. The fourth-order valence-corrected chi connectivity index (χ4v) is 3.31. The lowest BCUT2D eigenvalue weighted by molar-refractivity contribution is -0.101. The number of hydrogen-bond acceptors (Lipinski definition) is 4. The van der Waals surface area contributed by atoms with E-state index in [1.54, 1.807) is 6.92 Å². The van der Waals surface area contributed by atoms with Gasteiger partial charge in [0.2, 0.25) is 0 Å². The molecule has 110 valence electrons. The Bertz CT molecular complexity index is 275. The van der Waals surface area contributed by atoms with Gasteiger partial charge in [-0.05, 0) is 41.0 Å². The van der Waals surface area contributed by atoms with Crippen molar-refractivity contribution in [1.82, 2.24) is 0 Å². The number of rotatable bonds is 8. The summed E-state index contributed by atoms with van der Waals surface area (Å²) >= 11 is 0.